The van der Waals surface area contributed by atoms with E-state index in [4.69, 9.17) is 9.79 Å². The van der Waals surface area contributed by atoms with Gasteiger partial charge in [-0.2, -0.15) is 0 Å². The van der Waals surface area contributed by atoms with Gasteiger partial charge in [0.1, 0.15) is 5.78 Å². The molecule has 1 atom stereocenters. The summed E-state index contributed by atoms with van der Waals surface area (Å²) in [6, 6.07) is 0. The molecule has 1 rings (SSSR count). The SMILES string of the molecule is CCC(N1CCCC1)P(=O)(O)O. The molecular weight excluding hydrogens is 177 g/mol. The monoisotopic (exact) mass is 193 g/mol. The van der Waals surface area contributed by atoms with Crippen LogP contribution in [0.15, 0.2) is 0 Å². The number of hydrogen-bond acceptors (Lipinski definition) is 2. The van der Waals surface area contributed by atoms with Crippen LogP contribution in [0.2, 0.25) is 0 Å². The molecule has 1 heterocycles. The first-order valence-electron chi connectivity index (χ1n) is 4.35. The molecule has 0 saturated carbocycles. The van der Waals surface area contributed by atoms with Gasteiger partial charge in [0.15, 0.2) is 0 Å². The Balaban J connectivity index is 2.61. The highest BCUT2D eigenvalue weighted by Gasteiger charge is 2.33. The van der Waals surface area contributed by atoms with Gasteiger partial charge in [0.2, 0.25) is 0 Å². The van der Waals surface area contributed by atoms with E-state index < -0.39 is 13.4 Å². The quantitative estimate of drug-likeness (QED) is 0.656. The predicted molar refractivity (Wildman–Crippen MR) is 46.9 cm³/mol. The van der Waals surface area contributed by atoms with E-state index in [0.29, 0.717) is 6.42 Å². The van der Waals surface area contributed by atoms with Crippen molar-refractivity contribution in [1.82, 2.24) is 4.90 Å². The molecule has 2 N–H and O–H groups in total. The normalized spacial score (nSPS) is 22.9. The third kappa shape index (κ3) is 2.30. The second-order valence-corrected chi connectivity index (χ2v) is 5.00. The average molecular weight is 193 g/mol. The molecule has 4 nitrogen and oxygen atoms in total. The molecule has 12 heavy (non-hydrogen) atoms. The Labute approximate surface area is 72.7 Å². The van der Waals surface area contributed by atoms with Crippen LogP contribution in [0.4, 0.5) is 0 Å². The molecule has 0 aromatic carbocycles. The molecule has 72 valence electrons. The summed E-state index contributed by atoms with van der Waals surface area (Å²) in [5.74, 6) is -0.542. The van der Waals surface area contributed by atoms with Crippen molar-refractivity contribution in [3.05, 3.63) is 0 Å². The van der Waals surface area contributed by atoms with Crippen molar-refractivity contribution in [2.45, 2.75) is 32.0 Å². The van der Waals surface area contributed by atoms with E-state index in [1.807, 2.05) is 11.8 Å². The summed E-state index contributed by atoms with van der Waals surface area (Å²) >= 11 is 0. The fourth-order valence-corrected chi connectivity index (χ4v) is 2.88. The first kappa shape index (κ1) is 10.2. The van der Waals surface area contributed by atoms with Gasteiger partial charge in [-0.1, -0.05) is 6.92 Å². The number of rotatable bonds is 3. The minimum atomic E-state index is -3.90. The van der Waals surface area contributed by atoms with Crippen LogP contribution >= 0.6 is 7.60 Å². The number of likely N-dealkylation sites (tertiary alicyclic amines) is 1. The Morgan fingerprint density at radius 1 is 1.42 bits per heavy atom. The summed E-state index contributed by atoms with van der Waals surface area (Å²) in [7, 11) is -3.90. The van der Waals surface area contributed by atoms with E-state index >= 15 is 0 Å². The maximum absolute atomic E-state index is 11.0. The van der Waals surface area contributed by atoms with Gasteiger partial charge < -0.3 is 9.79 Å². The lowest BCUT2D eigenvalue weighted by atomic mass is 10.4. The second-order valence-electron chi connectivity index (χ2n) is 3.22. The Morgan fingerprint density at radius 2 is 1.92 bits per heavy atom. The lowest BCUT2D eigenvalue weighted by Gasteiger charge is -2.26. The zero-order valence-electron chi connectivity index (χ0n) is 7.31. The fraction of sp³-hybridized carbons (Fsp3) is 1.00. The first-order chi connectivity index (χ1) is 5.55. The predicted octanol–water partition coefficient (Wildman–Crippen LogP) is 0.996. The van der Waals surface area contributed by atoms with Crippen LogP contribution in [0.25, 0.3) is 0 Å². The summed E-state index contributed by atoms with van der Waals surface area (Å²) in [5, 5.41) is 0. The summed E-state index contributed by atoms with van der Waals surface area (Å²) < 4.78 is 11.0. The average Bonchev–Trinajstić information content (AvgIpc) is 2.38. The molecule has 1 saturated heterocycles. The third-order valence-corrected chi connectivity index (χ3v) is 3.78. The first-order valence-corrected chi connectivity index (χ1v) is 6.03. The van der Waals surface area contributed by atoms with Crippen molar-refractivity contribution in [2.24, 2.45) is 0 Å². The molecule has 0 amide bonds. The number of nitrogens with zero attached hydrogens (tertiary/aromatic N) is 1. The van der Waals surface area contributed by atoms with Crippen LogP contribution in [0.1, 0.15) is 26.2 Å². The van der Waals surface area contributed by atoms with Crippen molar-refractivity contribution >= 4 is 7.60 Å². The van der Waals surface area contributed by atoms with Gasteiger partial charge in [-0.15, -0.1) is 0 Å². The largest absolute Gasteiger partial charge is 0.342 e. The van der Waals surface area contributed by atoms with Crippen molar-refractivity contribution in [2.75, 3.05) is 13.1 Å². The van der Waals surface area contributed by atoms with E-state index in [1.165, 1.54) is 0 Å². The summed E-state index contributed by atoms with van der Waals surface area (Å²) in [6.45, 7) is 3.50. The van der Waals surface area contributed by atoms with Crippen molar-refractivity contribution in [3.63, 3.8) is 0 Å². The molecule has 1 aliphatic heterocycles. The Kier molecular flexibility index (Phi) is 3.29. The van der Waals surface area contributed by atoms with Gasteiger partial charge in [-0.05, 0) is 32.4 Å². The summed E-state index contributed by atoms with van der Waals surface area (Å²) in [4.78, 5) is 19.9. The molecule has 0 spiro atoms. The zero-order chi connectivity index (χ0) is 9.19. The molecule has 0 bridgehead atoms. The highest BCUT2D eigenvalue weighted by Crippen LogP contribution is 2.45. The molecule has 1 unspecified atom stereocenters. The third-order valence-electron chi connectivity index (χ3n) is 2.32. The van der Waals surface area contributed by atoms with Gasteiger partial charge in [0.05, 0.1) is 0 Å². The van der Waals surface area contributed by atoms with E-state index in [9.17, 15) is 4.57 Å². The van der Waals surface area contributed by atoms with Crippen LogP contribution in [0.3, 0.4) is 0 Å². The fourth-order valence-electron chi connectivity index (χ4n) is 1.75. The van der Waals surface area contributed by atoms with Crippen LogP contribution in [0, 0.1) is 0 Å². The minimum absolute atomic E-state index is 0.532. The Morgan fingerprint density at radius 3 is 2.25 bits per heavy atom. The van der Waals surface area contributed by atoms with E-state index in [1.54, 1.807) is 0 Å². The topological polar surface area (TPSA) is 60.8 Å². The summed E-state index contributed by atoms with van der Waals surface area (Å²) in [6.07, 6.45) is 2.66. The molecular formula is C7H16NO3P. The highest BCUT2D eigenvalue weighted by molar-refractivity contribution is 7.52. The standard InChI is InChI=1S/C7H16NO3P/c1-2-7(12(9,10)11)8-5-3-4-6-8/h7H,2-6H2,1H3,(H2,9,10,11). The molecule has 1 fully saturated rings. The van der Waals surface area contributed by atoms with Crippen molar-refractivity contribution in [3.8, 4) is 0 Å². The van der Waals surface area contributed by atoms with E-state index in [2.05, 4.69) is 0 Å². The maximum atomic E-state index is 11.0. The Hall–Kier alpha value is 0.110. The van der Waals surface area contributed by atoms with E-state index in [0.717, 1.165) is 25.9 Å². The molecule has 5 heteroatoms. The molecule has 1 aliphatic rings. The highest BCUT2D eigenvalue weighted by atomic mass is 31.2. The van der Waals surface area contributed by atoms with Gasteiger partial charge in [0, 0.05) is 0 Å². The lowest BCUT2D eigenvalue weighted by Crippen LogP contribution is -2.31. The zero-order valence-corrected chi connectivity index (χ0v) is 8.20. The van der Waals surface area contributed by atoms with Crippen LogP contribution < -0.4 is 0 Å². The second kappa shape index (κ2) is 3.88. The molecule has 0 aromatic rings. The van der Waals surface area contributed by atoms with Crippen LogP contribution in [-0.4, -0.2) is 33.6 Å². The summed E-state index contributed by atoms with van der Waals surface area (Å²) in [5.41, 5.74) is 0. The maximum Gasteiger partial charge on any atom is 0.342 e. The van der Waals surface area contributed by atoms with Crippen molar-refractivity contribution in [1.29, 1.82) is 0 Å². The Bertz CT molecular complexity index is 185. The smallest absolute Gasteiger partial charge is 0.323 e. The van der Waals surface area contributed by atoms with Gasteiger partial charge in [-0.3, -0.25) is 9.46 Å². The van der Waals surface area contributed by atoms with E-state index in [-0.39, 0.29) is 0 Å². The molecule has 0 aliphatic carbocycles. The van der Waals surface area contributed by atoms with Gasteiger partial charge in [0.25, 0.3) is 0 Å². The molecule has 0 radical (unpaired) electrons. The number of hydrogen-bond donors (Lipinski definition) is 2. The van der Waals surface area contributed by atoms with Gasteiger partial charge >= 0.3 is 7.60 Å². The van der Waals surface area contributed by atoms with Crippen LogP contribution in [-0.2, 0) is 4.57 Å². The lowest BCUT2D eigenvalue weighted by molar-refractivity contribution is 0.246. The van der Waals surface area contributed by atoms with Crippen molar-refractivity contribution < 1.29 is 14.4 Å². The van der Waals surface area contributed by atoms with Crippen LogP contribution in [0.5, 0.6) is 0 Å². The minimum Gasteiger partial charge on any atom is -0.323 e. The van der Waals surface area contributed by atoms with Gasteiger partial charge in [-0.25, -0.2) is 0 Å². The molecule has 0 aromatic heterocycles.